The van der Waals surface area contributed by atoms with Crippen LogP contribution < -0.4 is 10.2 Å². The molecule has 0 radical (unpaired) electrons. The molecule has 8 nitrogen and oxygen atoms in total. The molecule has 1 aliphatic heterocycles. The highest BCUT2D eigenvalue weighted by molar-refractivity contribution is 6.33. The van der Waals surface area contributed by atoms with E-state index in [0.29, 0.717) is 22.0 Å². The number of para-hydroxylation sites is 1. The molecule has 0 spiro atoms. The van der Waals surface area contributed by atoms with Crippen molar-refractivity contribution in [1.82, 2.24) is 0 Å². The second-order valence-electron chi connectivity index (χ2n) is 6.81. The number of nitrogens with one attached hydrogen (secondary N) is 1. The Bertz CT molecular complexity index is 992. The molecule has 0 aliphatic carbocycles. The second kappa shape index (κ2) is 10.1. The third-order valence-corrected chi connectivity index (χ3v) is 4.97. The Kier molecular flexibility index (Phi) is 7.25. The quantitative estimate of drug-likeness (QED) is 0.658. The van der Waals surface area contributed by atoms with Gasteiger partial charge in [0.25, 0.3) is 5.91 Å². The minimum atomic E-state index is -0.689. The molecule has 2 amide bonds. The average Bonchev–Trinajstić information content (AvgIpc) is 3.15. The molecular weight excluding hydrogens is 424 g/mol. The summed E-state index contributed by atoms with van der Waals surface area (Å²) >= 11 is 5.98. The molecule has 1 heterocycles. The van der Waals surface area contributed by atoms with E-state index in [2.05, 4.69) is 5.32 Å². The van der Waals surface area contributed by atoms with Gasteiger partial charge in [0.05, 0.1) is 28.8 Å². The van der Waals surface area contributed by atoms with Crippen LogP contribution in [-0.2, 0) is 23.9 Å². The van der Waals surface area contributed by atoms with E-state index >= 15 is 0 Å². The highest BCUT2D eigenvalue weighted by atomic mass is 35.5. The van der Waals surface area contributed by atoms with Crippen molar-refractivity contribution in [3.05, 3.63) is 59.1 Å². The number of halogens is 1. The van der Waals surface area contributed by atoms with E-state index in [-0.39, 0.29) is 25.5 Å². The van der Waals surface area contributed by atoms with E-state index in [1.165, 1.54) is 4.90 Å². The predicted octanol–water partition coefficient (Wildman–Crippen LogP) is 3.05. The molecule has 2 aromatic carbocycles. The van der Waals surface area contributed by atoms with Crippen molar-refractivity contribution in [3.8, 4) is 0 Å². The molecule has 0 unspecified atom stereocenters. The first-order chi connectivity index (χ1) is 14.9. The lowest BCUT2D eigenvalue weighted by Crippen LogP contribution is -2.28. The van der Waals surface area contributed by atoms with E-state index in [1.54, 1.807) is 55.5 Å². The Labute approximate surface area is 184 Å². The smallest absolute Gasteiger partial charge is 0.338 e. The van der Waals surface area contributed by atoms with Gasteiger partial charge in [-0.15, -0.1) is 0 Å². The number of benzene rings is 2. The molecule has 9 heteroatoms. The zero-order valence-electron chi connectivity index (χ0n) is 16.8. The van der Waals surface area contributed by atoms with Crippen LogP contribution in [-0.4, -0.2) is 43.5 Å². The number of hydrogen-bond acceptors (Lipinski definition) is 6. The summed E-state index contributed by atoms with van der Waals surface area (Å²) in [6, 6.07) is 13.1. The molecule has 3 rings (SSSR count). The van der Waals surface area contributed by atoms with Gasteiger partial charge in [0, 0.05) is 18.7 Å². The first-order valence-corrected chi connectivity index (χ1v) is 10.1. The lowest BCUT2D eigenvalue weighted by molar-refractivity contribution is -0.151. The molecule has 1 fully saturated rings. The summed E-state index contributed by atoms with van der Waals surface area (Å²) in [5, 5.41) is 2.93. The third-order valence-electron chi connectivity index (χ3n) is 4.64. The van der Waals surface area contributed by atoms with Crippen molar-refractivity contribution in [1.29, 1.82) is 0 Å². The van der Waals surface area contributed by atoms with Crippen molar-refractivity contribution < 1.29 is 28.7 Å². The van der Waals surface area contributed by atoms with Crippen LogP contribution in [0.2, 0.25) is 5.02 Å². The molecule has 0 bridgehead atoms. The summed E-state index contributed by atoms with van der Waals surface area (Å²) in [4.78, 5) is 49.9. The van der Waals surface area contributed by atoms with Crippen LogP contribution in [0.4, 0.5) is 11.4 Å². The zero-order valence-corrected chi connectivity index (χ0v) is 17.6. The van der Waals surface area contributed by atoms with Crippen molar-refractivity contribution in [2.45, 2.75) is 13.3 Å². The van der Waals surface area contributed by atoms with Gasteiger partial charge in [-0.05, 0) is 43.3 Å². The zero-order chi connectivity index (χ0) is 22.4. The van der Waals surface area contributed by atoms with Crippen LogP contribution in [0.25, 0.3) is 0 Å². The van der Waals surface area contributed by atoms with E-state index < -0.39 is 30.4 Å². The third kappa shape index (κ3) is 5.61. The van der Waals surface area contributed by atoms with Crippen molar-refractivity contribution >= 4 is 46.7 Å². The van der Waals surface area contributed by atoms with E-state index in [0.717, 1.165) is 0 Å². The Morgan fingerprint density at radius 2 is 1.81 bits per heavy atom. The summed E-state index contributed by atoms with van der Waals surface area (Å²) in [7, 11) is 0. The molecule has 1 saturated heterocycles. The van der Waals surface area contributed by atoms with Gasteiger partial charge in [-0.2, -0.15) is 0 Å². The molecule has 1 atom stereocenters. The standard InChI is InChI=1S/C22H21ClN2O6/c1-2-30-21(28)14-7-9-16(10-8-14)25-12-15(11-20(25)27)22(29)31-13-19(26)24-18-6-4-3-5-17(18)23/h3-10,15H,2,11-13H2,1H3,(H,24,26)/t15-/m0/s1. The average molecular weight is 445 g/mol. The van der Waals surface area contributed by atoms with Crippen LogP contribution in [0.3, 0.4) is 0 Å². The predicted molar refractivity (Wildman–Crippen MR) is 114 cm³/mol. The van der Waals surface area contributed by atoms with Crippen molar-refractivity contribution in [3.63, 3.8) is 0 Å². The van der Waals surface area contributed by atoms with Gasteiger partial charge in [-0.3, -0.25) is 14.4 Å². The van der Waals surface area contributed by atoms with Gasteiger partial charge < -0.3 is 19.7 Å². The summed E-state index contributed by atoms with van der Waals surface area (Å²) in [6.45, 7) is 1.63. The highest BCUT2D eigenvalue weighted by Gasteiger charge is 2.36. The van der Waals surface area contributed by atoms with Crippen molar-refractivity contribution in [2.24, 2.45) is 5.92 Å². The first-order valence-electron chi connectivity index (χ1n) is 9.67. The van der Waals surface area contributed by atoms with E-state index in [9.17, 15) is 19.2 Å². The number of carbonyl (C=O) groups excluding carboxylic acids is 4. The molecule has 1 aliphatic rings. The fourth-order valence-electron chi connectivity index (χ4n) is 3.11. The molecule has 0 saturated carbocycles. The SMILES string of the molecule is CCOC(=O)c1ccc(N2C[C@@H](C(=O)OCC(=O)Nc3ccccc3Cl)CC2=O)cc1. The van der Waals surface area contributed by atoms with E-state index in [1.807, 2.05) is 0 Å². The topological polar surface area (TPSA) is 102 Å². The Morgan fingerprint density at radius 3 is 2.48 bits per heavy atom. The Balaban J connectivity index is 1.53. The number of anilines is 2. The Morgan fingerprint density at radius 1 is 1.10 bits per heavy atom. The largest absolute Gasteiger partial charge is 0.462 e. The lowest BCUT2D eigenvalue weighted by atomic mass is 10.1. The van der Waals surface area contributed by atoms with Crippen LogP contribution in [0.15, 0.2) is 48.5 Å². The van der Waals surface area contributed by atoms with Crippen molar-refractivity contribution in [2.75, 3.05) is 30.0 Å². The van der Waals surface area contributed by atoms with Gasteiger partial charge in [0.2, 0.25) is 5.91 Å². The fourth-order valence-corrected chi connectivity index (χ4v) is 3.29. The lowest BCUT2D eigenvalue weighted by Gasteiger charge is -2.17. The number of carbonyl (C=O) groups is 4. The Hall–Kier alpha value is -3.39. The first kappa shape index (κ1) is 22.3. The molecule has 1 N–H and O–H groups in total. The number of nitrogens with zero attached hydrogens (tertiary/aromatic N) is 1. The molecule has 31 heavy (non-hydrogen) atoms. The van der Waals surface area contributed by atoms with E-state index in [4.69, 9.17) is 21.1 Å². The van der Waals surface area contributed by atoms with Crippen LogP contribution in [0.1, 0.15) is 23.7 Å². The maximum atomic E-state index is 12.4. The summed E-state index contributed by atoms with van der Waals surface area (Å²) < 4.78 is 10.0. The number of ether oxygens (including phenoxy) is 2. The fraction of sp³-hybridized carbons (Fsp3) is 0.273. The minimum Gasteiger partial charge on any atom is -0.462 e. The summed E-state index contributed by atoms with van der Waals surface area (Å²) in [5.74, 6) is -2.54. The van der Waals surface area contributed by atoms with Crippen LogP contribution in [0.5, 0.6) is 0 Å². The number of rotatable bonds is 7. The minimum absolute atomic E-state index is 0.0232. The highest BCUT2D eigenvalue weighted by Crippen LogP contribution is 2.26. The molecule has 162 valence electrons. The molecule has 0 aromatic heterocycles. The summed E-state index contributed by atoms with van der Waals surface area (Å²) in [6.07, 6.45) is -0.0232. The van der Waals surface area contributed by atoms with Gasteiger partial charge >= 0.3 is 11.9 Å². The number of hydrogen-bond donors (Lipinski definition) is 1. The second-order valence-corrected chi connectivity index (χ2v) is 7.22. The maximum Gasteiger partial charge on any atom is 0.338 e. The van der Waals surface area contributed by atoms with Gasteiger partial charge in [0.1, 0.15) is 0 Å². The van der Waals surface area contributed by atoms with Gasteiger partial charge in [0.15, 0.2) is 6.61 Å². The molecular formula is C22H21ClN2O6. The summed E-state index contributed by atoms with van der Waals surface area (Å²) in [5.41, 5.74) is 1.35. The molecule has 2 aromatic rings. The van der Waals surface area contributed by atoms with Crippen LogP contribution >= 0.6 is 11.6 Å². The van der Waals surface area contributed by atoms with Crippen LogP contribution in [0, 0.1) is 5.92 Å². The maximum absolute atomic E-state index is 12.4. The van der Waals surface area contributed by atoms with Gasteiger partial charge in [-0.25, -0.2) is 4.79 Å². The number of esters is 2. The monoisotopic (exact) mass is 444 g/mol. The normalized spacial score (nSPS) is 15.5. The number of amides is 2. The van der Waals surface area contributed by atoms with Gasteiger partial charge in [-0.1, -0.05) is 23.7 Å².